The van der Waals surface area contributed by atoms with Crippen molar-refractivity contribution in [1.29, 1.82) is 0 Å². The molecule has 0 spiro atoms. The van der Waals surface area contributed by atoms with Gasteiger partial charge in [-0.05, 0) is 42.5 Å². The summed E-state index contributed by atoms with van der Waals surface area (Å²) in [6.45, 7) is 4.45. The van der Waals surface area contributed by atoms with Gasteiger partial charge in [-0.15, -0.1) is 0 Å². The zero-order valence-corrected chi connectivity index (χ0v) is 19.6. The summed E-state index contributed by atoms with van der Waals surface area (Å²) in [6, 6.07) is 10.9. The molecule has 1 unspecified atom stereocenters. The van der Waals surface area contributed by atoms with Gasteiger partial charge in [-0.2, -0.15) is 4.31 Å². The number of amides is 2. The molecule has 1 aliphatic rings. The minimum Gasteiger partial charge on any atom is -0.326 e. The molecule has 34 heavy (non-hydrogen) atoms. The normalized spacial score (nSPS) is 16.4. The minimum absolute atomic E-state index is 0.0288. The number of fused-ring (bicyclic) bond motifs is 1. The third-order valence-electron chi connectivity index (χ3n) is 5.90. The SMILES string of the molecule is CCN(CC)S(=O)(=O)c1ccc(N2CC(C(=O)Nc3ccc4nc[nH]c(=O)c4c3)CC2=O)cc1. The van der Waals surface area contributed by atoms with Crippen molar-refractivity contribution in [2.24, 2.45) is 5.92 Å². The lowest BCUT2D eigenvalue weighted by Gasteiger charge is -2.20. The summed E-state index contributed by atoms with van der Waals surface area (Å²) in [7, 11) is -3.60. The highest BCUT2D eigenvalue weighted by atomic mass is 32.2. The number of anilines is 2. The van der Waals surface area contributed by atoms with Crippen LogP contribution in [0.2, 0.25) is 0 Å². The Morgan fingerprint density at radius 3 is 2.53 bits per heavy atom. The van der Waals surface area contributed by atoms with Gasteiger partial charge in [-0.25, -0.2) is 13.4 Å². The molecule has 11 heteroatoms. The van der Waals surface area contributed by atoms with Crippen LogP contribution in [0.25, 0.3) is 10.9 Å². The van der Waals surface area contributed by atoms with Gasteiger partial charge in [0.2, 0.25) is 21.8 Å². The molecule has 0 bridgehead atoms. The van der Waals surface area contributed by atoms with E-state index in [1.807, 2.05) is 0 Å². The van der Waals surface area contributed by atoms with E-state index < -0.39 is 15.9 Å². The molecule has 1 fully saturated rings. The topological polar surface area (TPSA) is 133 Å². The van der Waals surface area contributed by atoms with Gasteiger partial charge < -0.3 is 15.2 Å². The van der Waals surface area contributed by atoms with E-state index in [9.17, 15) is 22.8 Å². The van der Waals surface area contributed by atoms with E-state index >= 15 is 0 Å². The number of aromatic nitrogens is 2. The van der Waals surface area contributed by atoms with Crippen LogP contribution in [0.15, 0.2) is 58.5 Å². The van der Waals surface area contributed by atoms with Gasteiger partial charge in [0.15, 0.2) is 0 Å². The summed E-state index contributed by atoms with van der Waals surface area (Å²) in [5.41, 5.74) is 1.17. The first kappa shape index (κ1) is 23.6. The highest BCUT2D eigenvalue weighted by molar-refractivity contribution is 7.89. The standard InChI is InChI=1S/C23H25N5O5S/c1-3-27(4-2)34(32,33)18-8-6-17(7-9-18)28-13-15(11-21(28)29)22(30)26-16-5-10-20-19(12-16)23(31)25-14-24-20/h5-10,12,14-15H,3-4,11,13H2,1-2H3,(H,26,30)(H,24,25,31). The molecule has 178 valence electrons. The maximum atomic E-state index is 12.8. The molecule has 1 atom stereocenters. The molecular weight excluding hydrogens is 458 g/mol. The van der Waals surface area contributed by atoms with Gasteiger partial charge in [0.05, 0.1) is 28.0 Å². The Morgan fingerprint density at radius 1 is 1.15 bits per heavy atom. The first-order valence-corrected chi connectivity index (χ1v) is 12.4. The molecule has 2 aromatic carbocycles. The van der Waals surface area contributed by atoms with Crippen LogP contribution in [0.4, 0.5) is 11.4 Å². The number of rotatable bonds is 7. The van der Waals surface area contributed by atoms with E-state index in [0.717, 1.165) is 0 Å². The van der Waals surface area contributed by atoms with E-state index in [0.29, 0.717) is 35.4 Å². The summed E-state index contributed by atoms with van der Waals surface area (Å²) < 4.78 is 26.7. The lowest BCUT2D eigenvalue weighted by atomic mass is 10.1. The summed E-state index contributed by atoms with van der Waals surface area (Å²) >= 11 is 0. The monoisotopic (exact) mass is 483 g/mol. The predicted octanol–water partition coefficient (Wildman–Crippen LogP) is 1.95. The second-order valence-corrected chi connectivity index (χ2v) is 9.88. The molecule has 1 aromatic heterocycles. The highest BCUT2D eigenvalue weighted by Crippen LogP contribution is 2.28. The lowest BCUT2D eigenvalue weighted by molar-refractivity contribution is -0.122. The van der Waals surface area contributed by atoms with Crippen molar-refractivity contribution in [2.45, 2.75) is 25.2 Å². The molecule has 3 aromatic rings. The lowest BCUT2D eigenvalue weighted by Crippen LogP contribution is -2.31. The van der Waals surface area contributed by atoms with E-state index in [1.165, 1.54) is 27.7 Å². The number of sulfonamides is 1. The average Bonchev–Trinajstić information content (AvgIpc) is 3.22. The first-order valence-electron chi connectivity index (χ1n) is 10.9. The zero-order valence-electron chi connectivity index (χ0n) is 18.8. The second kappa shape index (κ2) is 9.35. The van der Waals surface area contributed by atoms with Crippen LogP contribution in [-0.4, -0.2) is 54.1 Å². The number of hydrogen-bond donors (Lipinski definition) is 2. The molecular formula is C23H25N5O5S. The summed E-state index contributed by atoms with van der Waals surface area (Å²) in [6.07, 6.45) is 1.34. The summed E-state index contributed by atoms with van der Waals surface area (Å²) in [5.74, 6) is -1.15. The molecule has 1 saturated heterocycles. The fraction of sp³-hybridized carbons (Fsp3) is 0.304. The maximum Gasteiger partial charge on any atom is 0.258 e. The molecule has 2 N–H and O–H groups in total. The molecule has 10 nitrogen and oxygen atoms in total. The molecule has 2 heterocycles. The number of nitrogens with zero attached hydrogens (tertiary/aromatic N) is 3. The number of nitrogens with one attached hydrogen (secondary N) is 2. The number of hydrogen-bond acceptors (Lipinski definition) is 6. The van der Waals surface area contributed by atoms with E-state index in [2.05, 4.69) is 15.3 Å². The predicted molar refractivity (Wildman–Crippen MR) is 128 cm³/mol. The van der Waals surface area contributed by atoms with Gasteiger partial charge in [-0.1, -0.05) is 13.8 Å². The smallest absolute Gasteiger partial charge is 0.258 e. The van der Waals surface area contributed by atoms with Crippen LogP contribution < -0.4 is 15.8 Å². The van der Waals surface area contributed by atoms with Crippen molar-refractivity contribution in [3.8, 4) is 0 Å². The van der Waals surface area contributed by atoms with E-state index in [4.69, 9.17) is 0 Å². The molecule has 2 amide bonds. The van der Waals surface area contributed by atoms with Gasteiger partial charge in [0.25, 0.3) is 5.56 Å². The van der Waals surface area contributed by atoms with Crippen LogP contribution in [0.1, 0.15) is 20.3 Å². The Hall–Kier alpha value is -3.57. The van der Waals surface area contributed by atoms with E-state index in [-0.39, 0.29) is 35.2 Å². The van der Waals surface area contributed by atoms with Crippen LogP contribution in [0.5, 0.6) is 0 Å². The Kier molecular flexibility index (Phi) is 6.49. The Balaban J connectivity index is 1.47. The molecule has 0 aliphatic carbocycles. The largest absolute Gasteiger partial charge is 0.326 e. The van der Waals surface area contributed by atoms with Crippen molar-refractivity contribution < 1.29 is 18.0 Å². The van der Waals surface area contributed by atoms with Crippen LogP contribution in [0, 0.1) is 5.92 Å². The van der Waals surface area contributed by atoms with Crippen molar-refractivity contribution in [3.63, 3.8) is 0 Å². The summed E-state index contributed by atoms with van der Waals surface area (Å²) in [4.78, 5) is 45.6. The van der Waals surface area contributed by atoms with Crippen molar-refractivity contribution in [2.75, 3.05) is 29.9 Å². The van der Waals surface area contributed by atoms with Gasteiger partial charge >= 0.3 is 0 Å². The van der Waals surface area contributed by atoms with Gasteiger partial charge in [-0.3, -0.25) is 14.4 Å². The van der Waals surface area contributed by atoms with Crippen LogP contribution >= 0.6 is 0 Å². The fourth-order valence-corrected chi connectivity index (χ4v) is 5.49. The third-order valence-corrected chi connectivity index (χ3v) is 7.96. The van der Waals surface area contributed by atoms with Crippen LogP contribution in [0.3, 0.4) is 0 Å². The van der Waals surface area contributed by atoms with Gasteiger partial charge in [0, 0.05) is 37.4 Å². The number of carbonyl (C=O) groups is 2. The van der Waals surface area contributed by atoms with Crippen molar-refractivity contribution in [3.05, 3.63) is 59.1 Å². The number of benzene rings is 2. The molecule has 0 radical (unpaired) electrons. The molecule has 0 saturated carbocycles. The van der Waals surface area contributed by atoms with Crippen molar-refractivity contribution >= 4 is 44.1 Å². The molecule has 1 aliphatic heterocycles. The summed E-state index contributed by atoms with van der Waals surface area (Å²) in [5, 5.41) is 3.12. The number of H-pyrrole nitrogens is 1. The number of carbonyl (C=O) groups excluding carboxylic acids is 2. The highest BCUT2D eigenvalue weighted by Gasteiger charge is 2.35. The zero-order chi connectivity index (χ0) is 24.5. The molecule has 4 rings (SSSR count). The Bertz CT molecular complexity index is 1400. The van der Waals surface area contributed by atoms with Gasteiger partial charge in [0.1, 0.15) is 0 Å². The first-order chi connectivity index (χ1) is 16.2. The fourth-order valence-electron chi connectivity index (χ4n) is 4.03. The number of aromatic amines is 1. The average molecular weight is 484 g/mol. The second-order valence-electron chi connectivity index (χ2n) is 7.94. The van der Waals surface area contributed by atoms with E-state index in [1.54, 1.807) is 44.2 Å². The maximum absolute atomic E-state index is 12.8. The quantitative estimate of drug-likeness (QED) is 0.528. The minimum atomic E-state index is -3.60. The Morgan fingerprint density at radius 2 is 1.85 bits per heavy atom. The Labute approximate surface area is 196 Å². The van der Waals surface area contributed by atoms with Crippen LogP contribution in [-0.2, 0) is 19.6 Å². The third kappa shape index (κ3) is 4.44. The van der Waals surface area contributed by atoms with Crippen molar-refractivity contribution in [1.82, 2.24) is 14.3 Å².